The van der Waals surface area contributed by atoms with E-state index in [9.17, 15) is 0 Å². The van der Waals surface area contributed by atoms with E-state index in [1.807, 2.05) is 27.7 Å². The Bertz CT molecular complexity index is 89.4. The molecular weight excluding hydrogens is 170 g/mol. The van der Waals surface area contributed by atoms with Gasteiger partial charge in [0.25, 0.3) is 0 Å². The van der Waals surface area contributed by atoms with Gasteiger partial charge < -0.3 is 4.90 Å². The van der Waals surface area contributed by atoms with Gasteiger partial charge in [0.1, 0.15) is 0 Å². The van der Waals surface area contributed by atoms with Crippen molar-refractivity contribution in [3.05, 3.63) is 0 Å². The van der Waals surface area contributed by atoms with Crippen LogP contribution in [0.4, 0.5) is 0 Å². The van der Waals surface area contributed by atoms with Crippen molar-refractivity contribution in [3.63, 3.8) is 0 Å². The van der Waals surface area contributed by atoms with Crippen molar-refractivity contribution >= 4 is 0 Å². The molecule has 1 rings (SSSR count). The maximum atomic E-state index is 2.46. The topological polar surface area (TPSA) is 3.24 Å². The Balaban J connectivity index is 0. The smallest absolute Gasteiger partial charge is 0.000408 e. The number of likely N-dealkylation sites (tertiary alicyclic amines) is 1. The fraction of sp³-hybridized carbons (Fsp3) is 1.00. The quantitative estimate of drug-likeness (QED) is 0.572. The Morgan fingerprint density at radius 2 is 1.07 bits per heavy atom. The van der Waals surface area contributed by atoms with Gasteiger partial charge in [-0.05, 0) is 31.7 Å². The molecular formula is C13H31N. The molecule has 0 aromatic rings. The molecule has 1 heteroatoms. The zero-order chi connectivity index (χ0) is 11.6. The van der Waals surface area contributed by atoms with Gasteiger partial charge in [-0.2, -0.15) is 0 Å². The highest BCUT2D eigenvalue weighted by atomic mass is 15.1. The first kappa shape index (κ1) is 16.4. The summed E-state index contributed by atoms with van der Waals surface area (Å²) in [6, 6.07) is 0. The largest absolute Gasteiger partial charge is 0.306 e. The molecule has 0 spiro atoms. The summed E-state index contributed by atoms with van der Waals surface area (Å²) in [5, 5.41) is 0. The van der Waals surface area contributed by atoms with E-state index in [1.54, 1.807) is 0 Å². The molecule has 1 saturated heterocycles. The van der Waals surface area contributed by atoms with Gasteiger partial charge >= 0.3 is 0 Å². The lowest BCUT2D eigenvalue weighted by Crippen LogP contribution is -2.25. The van der Waals surface area contributed by atoms with Crippen LogP contribution in [-0.4, -0.2) is 25.0 Å². The van der Waals surface area contributed by atoms with E-state index in [0.29, 0.717) is 0 Å². The highest BCUT2D eigenvalue weighted by molar-refractivity contribution is 4.69. The molecule has 0 aliphatic carbocycles. The number of hydrogen-bond donors (Lipinski definition) is 0. The Labute approximate surface area is 91.9 Å². The second kappa shape index (κ2) is 11.0. The number of rotatable bonds is 0. The molecule has 0 bridgehead atoms. The van der Waals surface area contributed by atoms with Gasteiger partial charge in [0.2, 0.25) is 0 Å². The van der Waals surface area contributed by atoms with Crippen molar-refractivity contribution in [1.29, 1.82) is 0 Å². The van der Waals surface area contributed by atoms with Gasteiger partial charge in [-0.1, -0.05) is 41.5 Å². The molecule has 1 aliphatic rings. The summed E-state index contributed by atoms with van der Waals surface area (Å²) in [5.41, 5.74) is 0. The van der Waals surface area contributed by atoms with Crippen LogP contribution in [0.25, 0.3) is 0 Å². The van der Waals surface area contributed by atoms with Crippen molar-refractivity contribution in [2.45, 2.75) is 54.4 Å². The van der Waals surface area contributed by atoms with Crippen LogP contribution in [0, 0.1) is 11.8 Å². The molecule has 2 atom stereocenters. The monoisotopic (exact) mass is 201 g/mol. The van der Waals surface area contributed by atoms with Crippen LogP contribution in [0.3, 0.4) is 0 Å². The fourth-order valence-corrected chi connectivity index (χ4v) is 1.89. The lowest BCUT2D eigenvalue weighted by atomic mass is 10.0. The van der Waals surface area contributed by atoms with E-state index < -0.39 is 0 Å². The molecule has 0 amide bonds. The third kappa shape index (κ3) is 8.55. The highest BCUT2D eigenvalue weighted by Gasteiger charge is 2.15. The van der Waals surface area contributed by atoms with Crippen molar-refractivity contribution in [2.24, 2.45) is 11.8 Å². The van der Waals surface area contributed by atoms with Crippen LogP contribution < -0.4 is 0 Å². The Kier molecular flexibility index (Phi) is 12.9. The average Bonchev–Trinajstić information content (AvgIpc) is 2.34. The summed E-state index contributed by atoms with van der Waals surface area (Å²) in [5.74, 6) is 1.82. The molecule has 88 valence electrons. The molecule has 0 unspecified atom stereocenters. The molecule has 1 heterocycles. The van der Waals surface area contributed by atoms with Gasteiger partial charge in [0.05, 0.1) is 0 Å². The van der Waals surface area contributed by atoms with Crippen LogP contribution in [0.2, 0.25) is 0 Å². The summed E-state index contributed by atoms with van der Waals surface area (Å²) in [7, 11) is 2.23. The third-order valence-electron chi connectivity index (χ3n) is 2.40. The van der Waals surface area contributed by atoms with Crippen LogP contribution in [0.1, 0.15) is 54.4 Å². The predicted molar refractivity (Wildman–Crippen MR) is 67.8 cm³/mol. The summed E-state index contributed by atoms with van der Waals surface area (Å²) in [6.07, 6.45) is 2.84. The van der Waals surface area contributed by atoms with Crippen LogP contribution >= 0.6 is 0 Å². The van der Waals surface area contributed by atoms with Crippen molar-refractivity contribution < 1.29 is 0 Å². The van der Waals surface area contributed by atoms with Gasteiger partial charge in [0.15, 0.2) is 0 Å². The summed E-state index contributed by atoms with van der Waals surface area (Å²) in [4.78, 5) is 2.46. The number of nitrogens with zero attached hydrogens (tertiary/aromatic N) is 1. The van der Waals surface area contributed by atoms with Gasteiger partial charge in [0, 0.05) is 13.1 Å². The highest BCUT2D eigenvalue weighted by Crippen LogP contribution is 2.18. The van der Waals surface area contributed by atoms with Crippen LogP contribution in [0.5, 0.6) is 0 Å². The second-order valence-electron chi connectivity index (χ2n) is 4.01. The SMILES string of the molecule is CC.CC.C[C@@H]1CC[C@H](C)CN(C)C1. The minimum Gasteiger partial charge on any atom is -0.306 e. The Morgan fingerprint density at radius 3 is 1.36 bits per heavy atom. The van der Waals surface area contributed by atoms with Crippen LogP contribution in [-0.2, 0) is 0 Å². The average molecular weight is 201 g/mol. The van der Waals surface area contributed by atoms with Crippen LogP contribution in [0.15, 0.2) is 0 Å². The van der Waals surface area contributed by atoms with Crippen molar-refractivity contribution in [2.75, 3.05) is 20.1 Å². The van der Waals surface area contributed by atoms with Crippen molar-refractivity contribution in [1.82, 2.24) is 4.90 Å². The van der Waals surface area contributed by atoms with E-state index >= 15 is 0 Å². The van der Waals surface area contributed by atoms with E-state index in [1.165, 1.54) is 25.9 Å². The van der Waals surface area contributed by atoms with E-state index in [4.69, 9.17) is 0 Å². The standard InChI is InChI=1S/C9H19N.2C2H6/c1-8-4-5-9(2)7-10(3)6-8;2*1-2/h8-9H,4-7H2,1-3H3;2*1-2H3/t8-,9+;;. The molecule has 0 radical (unpaired) electrons. The first-order valence-corrected chi connectivity index (χ1v) is 6.37. The molecule has 1 aliphatic heterocycles. The molecule has 14 heavy (non-hydrogen) atoms. The molecule has 1 fully saturated rings. The fourth-order valence-electron chi connectivity index (χ4n) is 1.89. The molecule has 0 aromatic carbocycles. The number of hydrogen-bond acceptors (Lipinski definition) is 1. The van der Waals surface area contributed by atoms with E-state index in [0.717, 1.165) is 11.8 Å². The Morgan fingerprint density at radius 1 is 0.786 bits per heavy atom. The summed E-state index contributed by atoms with van der Waals surface area (Å²) >= 11 is 0. The van der Waals surface area contributed by atoms with E-state index in [-0.39, 0.29) is 0 Å². The summed E-state index contributed by atoms with van der Waals surface area (Å²) in [6.45, 7) is 15.3. The molecule has 1 nitrogen and oxygen atoms in total. The van der Waals surface area contributed by atoms with Gasteiger partial charge in [-0.15, -0.1) is 0 Å². The first-order chi connectivity index (χ1) is 6.68. The normalized spacial score (nSPS) is 27.6. The Hall–Kier alpha value is -0.0400. The molecule has 0 N–H and O–H groups in total. The maximum absolute atomic E-state index is 2.46. The summed E-state index contributed by atoms with van der Waals surface area (Å²) < 4.78 is 0. The zero-order valence-corrected chi connectivity index (χ0v) is 11.4. The minimum absolute atomic E-state index is 0.912. The van der Waals surface area contributed by atoms with Crippen molar-refractivity contribution in [3.8, 4) is 0 Å². The lowest BCUT2D eigenvalue weighted by Gasteiger charge is -2.17. The predicted octanol–water partition coefficient (Wildman–Crippen LogP) is 4.04. The third-order valence-corrected chi connectivity index (χ3v) is 2.40. The molecule has 0 saturated carbocycles. The minimum atomic E-state index is 0.912. The van der Waals surface area contributed by atoms with Gasteiger partial charge in [-0.25, -0.2) is 0 Å². The maximum Gasteiger partial charge on any atom is 0.000408 e. The second-order valence-corrected chi connectivity index (χ2v) is 4.01. The van der Waals surface area contributed by atoms with Gasteiger partial charge in [-0.3, -0.25) is 0 Å². The van der Waals surface area contributed by atoms with E-state index in [2.05, 4.69) is 25.8 Å². The lowest BCUT2D eigenvalue weighted by molar-refractivity contribution is 0.288. The zero-order valence-electron chi connectivity index (χ0n) is 11.4. The first-order valence-electron chi connectivity index (χ1n) is 6.37. The molecule has 0 aromatic heterocycles.